The van der Waals surface area contributed by atoms with Gasteiger partial charge in [0.25, 0.3) is 0 Å². The topological polar surface area (TPSA) is 41.2 Å². The molecule has 0 radical (unpaired) electrons. The van der Waals surface area contributed by atoms with Crippen LogP contribution in [0.4, 0.5) is 8.78 Å². The van der Waals surface area contributed by atoms with Crippen LogP contribution in [0.1, 0.15) is 31.1 Å². The molecule has 36 heavy (non-hydrogen) atoms. The van der Waals surface area contributed by atoms with E-state index in [1.54, 1.807) is 44.9 Å². The molecule has 0 spiro atoms. The predicted octanol–water partition coefficient (Wildman–Crippen LogP) is 7.17. The van der Waals surface area contributed by atoms with Crippen molar-refractivity contribution in [3.63, 3.8) is 0 Å². The Hall–Kier alpha value is -2.14. The van der Waals surface area contributed by atoms with E-state index >= 15 is 4.39 Å². The highest BCUT2D eigenvalue weighted by Crippen LogP contribution is 2.38. The van der Waals surface area contributed by atoms with E-state index in [0.717, 1.165) is 47.5 Å². The number of hydrogen-bond acceptors (Lipinski definition) is 6. The molecule has 1 unspecified atom stereocenters. The maximum atomic E-state index is 15.3. The normalized spacial score (nSPS) is 16.1. The number of aromatic nitrogens is 3. The van der Waals surface area contributed by atoms with Crippen LogP contribution < -0.4 is 4.74 Å². The summed E-state index contributed by atoms with van der Waals surface area (Å²) in [5, 5.41) is 5.43. The number of rotatable bonds is 9. The molecule has 190 valence electrons. The van der Waals surface area contributed by atoms with E-state index in [-0.39, 0.29) is 17.5 Å². The van der Waals surface area contributed by atoms with Gasteiger partial charge in [0.2, 0.25) is 0 Å². The molecule has 0 aliphatic carbocycles. The second-order valence-electron chi connectivity index (χ2n) is 8.59. The van der Waals surface area contributed by atoms with Gasteiger partial charge in [-0.25, -0.2) is 13.5 Å². The van der Waals surface area contributed by atoms with Gasteiger partial charge in [-0.05, 0) is 67.5 Å². The number of ether oxygens (including phenoxy) is 2. The average Bonchev–Trinajstić information content (AvgIpc) is 3.52. The Morgan fingerprint density at radius 2 is 1.97 bits per heavy atom. The molecule has 1 atom stereocenters. The SMILES string of the molecule is Fc1ccc(Oc2c(F)cc3c(ccn3S)c2CCSCCS)cc1-c1ccn(C2CCCCO2)n1. The van der Waals surface area contributed by atoms with Crippen LogP contribution in [0.2, 0.25) is 0 Å². The van der Waals surface area contributed by atoms with E-state index in [1.165, 1.54) is 18.2 Å². The van der Waals surface area contributed by atoms with Gasteiger partial charge in [0.15, 0.2) is 11.6 Å². The molecule has 4 aromatic rings. The monoisotopic (exact) mass is 547 g/mol. The zero-order chi connectivity index (χ0) is 25.1. The number of aryl methyl sites for hydroxylation is 1. The van der Waals surface area contributed by atoms with Crippen LogP contribution in [0.5, 0.6) is 11.5 Å². The molecule has 2 aromatic carbocycles. The molecule has 1 aliphatic heterocycles. The maximum absolute atomic E-state index is 15.3. The highest BCUT2D eigenvalue weighted by molar-refractivity contribution is 7.99. The summed E-state index contributed by atoms with van der Waals surface area (Å²) in [5.74, 6) is 2.04. The number of halogens is 2. The van der Waals surface area contributed by atoms with Gasteiger partial charge < -0.3 is 9.47 Å². The van der Waals surface area contributed by atoms with E-state index in [1.807, 2.05) is 6.07 Å². The zero-order valence-corrected chi connectivity index (χ0v) is 22.2. The number of fused-ring (bicyclic) bond motifs is 1. The van der Waals surface area contributed by atoms with Crippen LogP contribution in [0.3, 0.4) is 0 Å². The lowest BCUT2D eigenvalue weighted by Crippen LogP contribution is -2.18. The standard InChI is InChI=1S/C26H27F2N3O2S3/c27-21-5-4-17(15-20(21)23-7-9-30(29-23)25-3-1-2-11-32-25)33-26-19(8-13-36-14-12-34)18-6-10-31(35)24(18)16-22(26)28/h4-7,9-10,15-16,25,34-35H,1-3,8,11-14H2. The average molecular weight is 548 g/mol. The highest BCUT2D eigenvalue weighted by atomic mass is 32.2. The van der Waals surface area contributed by atoms with E-state index in [0.29, 0.717) is 30.0 Å². The van der Waals surface area contributed by atoms with E-state index in [2.05, 4.69) is 30.5 Å². The summed E-state index contributed by atoms with van der Waals surface area (Å²) in [4.78, 5) is 0. The van der Waals surface area contributed by atoms with E-state index in [4.69, 9.17) is 9.47 Å². The van der Waals surface area contributed by atoms with Gasteiger partial charge in [0.05, 0.1) is 11.2 Å². The zero-order valence-electron chi connectivity index (χ0n) is 19.6. The van der Waals surface area contributed by atoms with Crippen molar-refractivity contribution in [2.45, 2.75) is 31.9 Å². The Labute approximate surface area is 224 Å². The van der Waals surface area contributed by atoms with Crippen molar-refractivity contribution >= 4 is 48.1 Å². The smallest absolute Gasteiger partial charge is 0.168 e. The van der Waals surface area contributed by atoms with Crippen molar-refractivity contribution in [2.75, 3.05) is 23.9 Å². The first kappa shape index (κ1) is 25.5. The largest absolute Gasteiger partial charge is 0.454 e. The van der Waals surface area contributed by atoms with Gasteiger partial charge in [-0.3, -0.25) is 3.97 Å². The van der Waals surface area contributed by atoms with E-state index in [9.17, 15) is 4.39 Å². The third-order valence-electron chi connectivity index (χ3n) is 6.21. The molecule has 5 nitrogen and oxygen atoms in total. The van der Waals surface area contributed by atoms with Crippen molar-refractivity contribution in [3.05, 3.63) is 66.0 Å². The molecular weight excluding hydrogens is 521 g/mol. The van der Waals surface area contributed by atoms with Gasteiger partial charge in [0, 0.05) is 47.3 Å². The lowest BCUT2D eigenvalue weighted by molar-refractivity contribution is -0.0393. The van der Waals surface area contributed by atoms with Crippen molar-refractivity contribution in [1.29, 1.82) is 0 Å². The molecule has 1 fully saturated rings. The summed E-state index contributed by atoms with van der Waals surface area (Å²) in [5.41, 5.74) is 2.19. The van der Waals surface area contributed by atoms with Crippen LogP contribution in [0.25, 0.3) is 22.2 Å². The molecule has 0 N–H and O–H groups in total. The third kappa shape index (κ3) is 5.41. The molecule has 0 saturated carbocycles. The Morgan fingerprint density at radius 3 is 2.78 bits per heavy atom. The number of hydrogen-bond donors (Lipinski definition) is 2. The predicted molar refractivity (Wildman–Crippen MR) is 148 cm³/mol. The summed E-state index contributed by atoms with van der Waals surface area (Å²) >= 11 is 10.4. The van der Waals surface area contributed by atoms with Crippen LogP contribution >= 0.6 is 37.2 Å². The maximum Gasteiger partial charge on any atom is 0.168 e. The molecule has 1 aliphatic rings. The minimum absolute atomic E-state index is 0.141. The number of nitrogens with zero attached hydrogens (tertiary/aromatic N) is 3. The number of thioether (sulfide) groups is 1. The first-order valence-electron chi connectivity index (χ1n) is 11.9. The fourth-order valence-electron chi connectivity index (χ4n) is 4.44. The van der Waals surface area contributed by atoms with Crippen molar-refractivity contribution in [2.24, 2.45) is 0 Å². The molecule has 10 heteroatoms. The Kier molecular flexibility index (Phi) is 8.15. The van der Waals surface area contributed by atoms with Crippen molar-refractivity contribution in [3.8, 4) is 22.8 Å². The Balaban J connectivity index is 1.46. The fraction of sp³-hybridized carbons (Fsp3) is 0.346. The van der Waals surface area contributed by atoms with Gasteiger partial charge in [-0.15, -0.1) is 0 Å². The van der Waals surface area contributed by atoms with Gasteiger partial charge in [-0.1, -0.05) is 12.8 Å². The fourth-order valence-corrected chi connectivity index (χ4v) is 5.74. The summed E-state index contributed by atoms with van der Waals surface area (Å²) in [6.45, 7) is 0.694. The van der Waals surface area contributed by atoms with Gasteiger partial charge >= 0.3 is 0 Å². The van der Waals surface area contributed by atoms with Crippen molar-refractivity contribution in [1.82, 2.24) is 13.8 Å². The summed E-state index contributed by atoms with van der Waals surface area (Å²) < 4.78 is 45.3. The first-order chi connectivity index (χ1) is 17.5. The Bertz CT molecular complexity index is 1350. The molecule has 3 heterocycles. The molecule has 1 saturated heterocycles. The van der Waals surface area contributed by atoms with Gasteiger partial charge in [-0.2, -0.15) is 29.5 Å². The molecular formula is C26H27F2N3O2S3. The summed E-state index contributed by atoms with van der Waals surface area (Å²) in [6.07, 6.45) is 7.03. The van der Waals surface area contributed by atoms with Crippen LogP contribution in [-0.2, 0) is 11.2 Å². The minimum atomic E-state index is -0.490. The van der Waals surface area contributed by atoms with Crippen LogP contribution in [0, 0.1) is 11.6 Å². The van der Waals surface area contributed by atoms with Gasteiger partial charge in [0.1, 0.15) is 17.8 Å². The number of thiol groups is 2. The lowest BCUT2D eigenvalue weighted by atomic mass is 10.1. The second kappa shape index (κ2) is 11.5. The Morgan fingerprint density at radius 1 is 1.08 bits per heavy atom. The summed E-state index contributed by atoms with van der Waals surface area (Å²) in [6, 6.07) is 9.47. The lowest BCUT2D eigenvalue weighted by Gasteiger charge is -2.22. The first-order valence-corrected chi connectivity index (χ1v) is 14.1. The van der Waals surface area contributed by atoms with Crippen LogP contribution in [-0.4, -0.2) is 37.6 Å². The third-order valence-corrected chi connectivity index (χ3v) is 8.07. The quantitative estimate of drug-likeness (QED) is 0.172. The van der Waals surface area contributed by atoms with E-state index < -0.39 is 11.6 Å². The number of benzene rings is 2. The molecule has 0 amide bonds. The molecule has 0 bridgehead atoms. The van der Waals surface area contributed by atoms with Crippen LogP contribution in [0.15, 0.2) is 48.8 Å². The molecule has 2 aromatic heterocycles. The minimum Gasteiger partial charge on any atom is -0.454 e. The highest BCUT2D eigenvalue weighted by Gasteiger charge is 2.20. The summed E-state index contributed by atoms with van der Waals surface area (Å²) in [7, 11) is 0. The second-order valence-corrected chi connectivity index (χ2v) is 10.7. The van der Waals surface area contributed by atoms with Crippen molar-refractivity contribution < 1.29 is 18.3 Å². The molecule has 5 rings (SSSR count).